The highest BCUT2D eigenvalue weighted by atomic mass is 16.4. The number of rotatable bonds is 7. The molecule has 0 amide bonds. The Bertz CT molecular complexity index is 252. The second-order valence-corrected chi connectivity index (χ2v) is 5.48. The van der Waals surface area contributed by atoms with Crippen molar-refractivity contribution in [1.29, 1.82) is 0 Å². The standard InChI is InChI=1S/C13H26N2O2/c1-4-13(3,12(16)17)14-9-11(2)10-15-7-5-6-8-15/h11,14H,4-10H2,1-3H3,(H,16,17). The van der Waals surface area contributed by atoms with E-state index in [1.165, 1.54) is 25.9 Å². The van der Waals surface area contributed by atoms with Crippen LogP contribution in [0.25, 0.3) is 0 Å². The fourth-order valence-electron chi connectivity index (χ4n) is 2.22. The average molecular weight is 242 g/mol. The fourth-order valence-corrected chi connectivity index (χ4v) is 2.22. The summed E-state index contributed by atoms with van der Waals surface area (Å²) in [5.41, 5.74) is -0.779. The highest BCUT2D eigenvalue weighted by molar-refractivity contribution is 5.78. The van der Waals surface area contributed by atoms with Crippen molar-refractivity contribution < 1.29 is 9.90 Å². The lowest BCUT2D eigenvalue weighted by atomic mass is 9.98. The zero-order valence-electron chi connectivity index (χ0n) is 11.3. The van der Waals surface area contributed by atoms with Crippen LogP contribution in [0, 0.1) is 5.92 Å². The summed E-state index contributed by atoms with van der Waals surface area (Å²) in [5, 5.41) is 12.3. The molecule has 17 heavy (non-hydrogen) atoms. The summed E-state index contributed by atoms with van der Waals surface area (Å²) in [4.78, 5) is 13.6. The van der Waals surface area contributed by atoms with Crippen LogP contribution in [0.1, 0.15) is 40.0 Å². The topological polar surface area (TPSA) is 52.6 Å². The Balaban J connectivity index is 2.30. The largest absolute Gasteiger partial charge is 0.480 e. The molecule has 0 radical (unpaired) electrons. The molecule has 2 unspecified atom stereocenters. The van der Waals surface area contributed by atoms with Gasteiger partial charge >= 0.3 is 5.97 Å². The van der Waals surface area contributed by atoms with Gasteiger partial charge in [-0.05, 0) is 51.7 Å². The number of hydrogen-bond acceptors (Lipinski definition) is 3. The van der Waals surface area contributed by atoms with Crippen molar-refractivity contribution in [2.75, 3.05) is 26.2 Å². The lowest BCUT2D eigenvalue weighted by Gasteiger charge is -2.28. The van der Waals surface area contributed by atoms with Gasteiger partial charge in [0.15, 0.2) is 0 Å². The normalized spacial score (nSPS) is 22.3. The second kappa shape index (κ2) is 6.36. The second-order valence-electron chi connectivity index (χ2n) is 5.48. The molecular weight excluding hydrogens is 216 g/mol. The van der Waals surface area contributed by atoms with Gasteiger partial charge in [-0.1, -0.05) is 13.8 Å². The number of nitrogens with one attached hydrogen (secondary N) is 1. The van der Waals surface area contributed by atoms with Crippen molar-refractivity contribution >= 4 is 5.97 Å². The van der Waals surface area contributed by atoms with Crippen molar-refractivity contribution in [3.05, 3.63) is 0 Å². The van der Waals surface area contributed by atoms with Crippen LogP contribution < -0.4 is 5.32 Å². The van der Waals surface area contributed by atoms with Gasteiger partial charge in [-0.15, -0.1) is 0 Å². The summed E-state index contributed by atoms with van der Waals surface area (Å²) >= 11 is 0. The van der Waals surface area contributed by atoms with Crippen molar-refractivity contribution in [2.24, 2.45) is 5.92 Å². The number of aliphatic carboxylic acids is 1. The summed E-state index contributed by atoms with van der Waals surface area (Å²) < 4.78 is 0. The Morgan fingerprint density at radius 2 is 2.06 bits per heavy atom. The van der Waals surface area contributed by atoms with Crippen molar-refractivity contribution in [3.63, 3.8) is 0 Å². The third-order valence-corrected chi connectivity index (χ3v) is 3.79. The quantitative estimate of drug-likeness (QED) is 0.711. The molecule has 0 bridgehead atoms. The summed E-state index contributed by atoms with van der Waals surface area (Å²) in [6, 6.07) is 0. The minimum Gasteiger partial charge on any atom is -0.480 e. The molecule has 2 N–H and O–H groups in total. The van der Waals surface area contributed by atoms with Gasteiger partial charge in [0.1, 0.15) is 5.54 Å². The predicted octanol–water partition coefficient (Wildman–Crippen LogP) is 1.56. The lowest BCUT2D eigenvalue weighted by Crippen LogP contribution is -2.51. The first-order valence-electron chi connectivity index (χ1n) is 6.68. The van der Waals surface area contributed by atoms with Gasteiger partial charge in [0.2, 0.25) is 0 Å². The lowest BCUT2D eigenvalue weighted by molar-refractivity contribution is -0.144. The molecule has 0 spiro atoms. The van der Waals surface area contributed by atoms with Gasteiger partial charge in [-0.25, -0.2) is 0 Å². The Kier molecular flexibility index (Phi) is 5.40. The van der Waals surface area contributed by atoms with Crippen LogP contribution in [0.15, 0.2) is 0 Å². The Labute approximate surface area is 104 Å². The van der Waals surface area contributed by atoms with Crippen LogP contribution in [0.4, 0.5) is 0 Å². The van der Waals surface area contributed by atoms with Gasteiger partial charge in [0.05, 0.1) is 0 Å². The van der Waals surface area contributed by atoms with E-state index >= 15 is 0 Å². The molecule has 4 heteroatoms. The maximum Gasteiger partial charge on any atom is 0.323 e. The van der Waals surface area contributed by atoms with Gasteiger partial charge in [0.25, 0.3) is 0 Å². The molecule has 1 aliphatic heterocycles. The van der Waals surface area contributed by atoms with Crippen LogP contribution in [-0.2, 0) is 4.79 Å². The number of carboxylic acid groups (broad SMARTS) is 1. The molecule has 4 nitrogen and oxygen atoms in total. The van der Waals surface area contributed by atoms with Crippen LogP contribution >= 0.6 is 0 Å². The van der Waals surface area contributed by atoms with E-state index in [-0.39, 0.29) is 0 Å². The summed E-state index contributed by atoms with van der Waals surface area (Å²) in [6.07, 6.45) is 3.22. The Morgan fingerprint density at radius 3 is 2.53 bits per heavy atom. The maximum absolute atomic E-state index is 11.1. The SMILES string of the molecule is CCC(C)(NCC(C)CN1CCCC1)C(=O)O. The monoisotopic (exact) mass is 242 g/mol. The number of carboxylic acids is 1. The first-order chi connectivity index (χ1) is 7.98. The number of nitrogens with zero attached hydrogens (tertiary/aromatic N) is 1. The fraction of sp³-hybridized carbons (Fsp3) is 0.923. The molecule has 0 aromatic rings. The molecule has 1 aliphatic rings. The summed E-state index contributed by atoms with van der Waals surface area (Å²) in [7, 11) is 0. The number of likely N-dealkylation sites (tertiary alicyclic amines) is 1. The van der Waals surface area contributed by atoms with Crippen molar-refractivity contribution in [2.45, 2.75) is 45.6 Å². The molecule has 0 aliphatic carbocycles. The third kappa shape index (κ3) is 4.28. The Hall–Kier alpha value is -0.610. The minimum atomic E-state index is -0.779. The molecule has 1 saturated heterocycles. The molecule has 0 aromatic carbocycles. The van der Waals surface area contributed by atoms with Crippen LogP contribution in [0.2, 0.25) is 0 Å². The van der Waals surface area contributed by atoms with E-state index in [4.69, 9.17) is 5.11 Å². The maximum atomic E-state index is 11.1. The van der Waals surface area contributed by atoms with Crippen molar-refractivity contribution in [1.82, 2.24) is 10.2 Å². The van der Waals surface area contributed by atoms with E-state index in [1.54, 1.807) is 6.92 Å². The predicted molar refractivity (Wildman–Crippen MR) is 69.2 cm³/mol. The smallest absolute Gasteiger partial charge is 0.323 e. The van der Waals surface area contributed by atoms with Gasteiger partial charge in [-0.2, -0.15) is 0 Å². The van der Waals surface area contributed by atoms with Crippen molar-refractivity contribution in [3.8, 4) is 0 Å². The molecule has 1 rings (SSSR count). The molecule has 100 valence electrons. The highest BCUT2D eigenvalue weighted by Crippen LogP contribution is 2.12. The average Bonchev–Trinajstić information content (AvgIpc) is 2.78. The van der Waals surface area contributed by atoms with E-state index in [1.807, 2.05) is 6.92 Å². The first kappa shape index (κ1) is 14.5. The Morgan fingerprint density at radius 1 is 1.47 bits per heavy atom. The van der Waals surface area contributed by atoms with Crippen LogP contribution in [0.3, 0.4) is 0 Å². The van der Waals surface area contributed by atoms with Gasteiger partial charge in [-0.3, -0.25) is 4.79 Å². The van der Waals surface area contributed by atoms with Crippen LogP contribution in [0.5, 0.6) is 0 Å². The van der Waals surface area contributed by atoms with E-state index in [0.29, 0.717) is 12.3 Å². The van der Waals surface area contributed by atoms with E-state index < -0.39 is 11.5 Å². The van der Waals surface area contributed by atoms with Gasteiger partial charge < -0.3 is 15.3 Å². The van der Waals surface area contributed by atoms with E-state index in [2.05, 4.69) is 17.1 Å². The minimum absolute atomic E-state index is 0.498. The van der Waals surface area contributed by atoms with Crippen LogP contribution in [-0.4, -0.2) is 47.7 Å². The highest BCUT2D eigenvalue weighted by Gasteiger charge is 2.30. The molecule has 2 atom stereocenters. The summed E-state index contributed by atoms with van der Waals surface area (Å²) in [6.45, 7) is 10.1. The zero-order chi connectivity index (χ0) is 12.9. The third-order valence-electron chi connectivity index (χ3n) is 3.79. The molecule has 1 heterocycles. The molecular formula is C13H26N2O2. The van der Waals surface area contributed by atoms with Gasteiger partial charge in [0, 0.05) is 6.54 Å². The number of hydrogen-bond donors (Lipinski definition) is 2. The van der Waals surface area contributed by atoms with E-state index in [9.17, 15) is 4.79 Å². The van der Waals surface area contributed by atoms with E-state index in [0.717, 1.165) is 13.1 Å². The molecule has 1 fully saturated rings. The summed E-state index contributed by atoms with van der Waals surface area (Å²) in [5.74, 6) is -0.258. The first-order valence-corrected chi connectivity index (χ1v) is 6.68. The zero-order valence-corrected chi connectivity index (χ0v) is 11.3. The molecule has 0 aromatic heterocycles. The molecule has 0 saturated carbocycles. The number of carbonyl (C=O) groups is 1.